The van der Waals surface area contributed by atoms with Gasteiger partial charge < -0.3 is 10.5 Å². The molecular weight excluding hydrogens is 274 g/mol. The van der Waals surface area contributed by atoms with Gasteiger partial charge in [0.05, 0.1) is 12.2 Å². The van der Waals surface area contributed by atoms with Crippen molar-refractivity contribution in [1.29, 1.82) is 0 Å². The second-order valence-electron chi connectivity index (χ2n) is 4.12. The van der Waals surface area contributed by atoms with Crippen molar-refractivity contribution in [2.45, 2.75) is 44.4 Å². The van der Waals surface area contributed by atoms with Crippen LogP contribution in [0.5, 0.6) is 0 Å². The SMILES string of the molecule is CC1CCC(C(N)Cc2sccc2Br)O1. The summed E-state index contributed by atoms with van der Waals surface area (Å²) in [6.07, 6.45) is 3.78. The lowest BCUT2D eigenvalue weighted by Gasteiger charge is -2.18. The van der Waals surface area contributed by atoms with Gasteiger partial charge in [0.25, 0.3) is 0 Å². The minimum atomic E-state index is 0.130. The van der Waals surface area contributed by atoms with Crippen LogP contribution in [0.3, 0.4) is 0 Å². The van der Waals surface area contributed by atoms with Crippen molar-refractivity contribution in [3.05, 3.63) is 20.8 Å². The Morgan fingerprint density at radius 3 is 3.00 bits per heavy atom. The topological polar surface area (TPSA) is 35.2 Å². The first-order valence-corrected chi connectivity index (χ1v) is 6.97. The van der Waals surface area contributed by atoms with E-state index < -0.39 is 0 Å². The first-order chi connectivity index (χ1) is 7.16. The summed E-state index contributed by atoms with van der Waals surface area (Å²) in [6, 6.07) is 2.20. The highest BCUT2D eigenvalue weighted by Crippen LogP contribution is 2.27. The maximum Gasteiger partial charge on any atom is 0.0734 e. The summed E-state index contributed by atoms with van der Waals surface area (Å²) < 4.78 is 6.95. The van der Waals surface area contributed by atoms with Gasteiger partial charge in [-0.05, 0) is 47.1 Å². The molecule has 15 heavy (non-hydrogen) atoms. The van der Waals surface area contributed by atoms with E-state index in [-0.39, 0.29) is 12.1 Å². The summed E-state index contributed by atoms with van der Waals surface area (Å²) in [6.45, 7) is 2.12. The number of thiophene rings is 1. The standard InChI is InChI=1S/C11H16BrNOS/c1-7-2-3-10(14-7)9(13)6-11-8(12)4-5-15-11/h4-5,7,9-10H,2-3,6,13H2,1H3. The Labute approximate surface area is 103 Å². The van der Waals surface area contributed by atoms with E-state index in [1.54, 1.807) is 11.3 Å². The van der Waals surface area contributed by atoms with Gasteiger partial charge in [-0.25, -0.2) is 0 Å². The third-order valence-electron chi connectivity index (χ3n) is 2.85. The summed E-state index contributed by atoms with van der Waals surface area (Å²) >= 11 is 5.28. The number of hydrogen-bond donors (Lipinski definition) is 1. The largest absolute Gasteiger partial charge is 0.374 e. The van der Waals surface area contributed by atoms with Crippen molar-refractivity contribution < 1.29 is 4.74 Å². The van der Waals surface area contributed by atoms with Crippen LogP contribution in [-0.4, -0.2) is 18.2 Å². The summed E-state index contributed by atoms with van der Waals surface area (Å²) in [7, 11) is 0. The average Bonchev–Trinajstić information content (AvgIpc) is 2.77. The van der Waals surface area contributed by atoms with E-state index in [0.717, 1.165) is 19.3 Å². The third kappa shape index (κ3) is 2.81. The molecule has 84 valence electrons. The van der Waals surface area contributed by atoms with Gasteiger partial charge in [0, 0.05) is 21.8 Å². The van der Waals surface area contributed by atoms with Crippen molar-refractivity contribution in [3.63, 3.8) is 0 Å². The van der Waals surface area contributed by atoms with Crippen LogP contribution in [0.2, 0.25) is 0 Å². The third-order valence-corrected chi connectivity index (χ3v) is 4.80. The normalized spacial score (nSPS) is 28.2. The molecule has 0 amide bonds. The molecule has 0 radical (unpaired) electrons. The van der Waals surface area contributed by atoms with Crippen LogP contribution >= 0.6 is 27.3 Å². The van der Waals surface area contributed by atoms with E-state index >= 15 is 0 Å². The van der Waals surface area contributed by atoms with Crippen LogP contribution in [0, 0.1) is 0 Å². The highest BCUT2D eigenvalue weighted by Gasteiger charge is 2.27. The molecule has 3 unspecified atom stereocenters. The zero-order chi connectivity index (χ0) is 10.8. The lowest BCUT2D eigenvalue weighted by molar-refractivity contribution is 0.0406. The van der Waals surface area contributed by atoms with E-state index in [1.807, 2.05) is 0 Å². The number of ether oxygens (including phenoxy) is 1. The Kier molecular flexibility index (Phi) is 3.83. The Balaban J connectivity index is 1.92. The van der Waals surface area contributed by atoms with Gasteiger partial charge in [-0.2, -0.15) is 0 Å². The Morgan fingerprint density at radius 1 is 1.67 bits per heavy atom. The molecule has 0 aliphatic carbocycles. The molecule has 2 rings (SSSR count). The van der Waals surface area contributed by atoms with Gasteiger partial charge in [0.2, 0.25) is 0 Å². The Bertz CT molecular complexity index is 328. The Morgan fingerprint density at radius 2 is 2.47 bits per heavy atom. The van der Waals surface area contributed by atoms with E-state index in [4.69, 9.17) is 10.5 Å². The fourth-order valence-corrected chi connectivity index (χ4v) is 3.55. The lowest BCUT2D eigenvalue weighted by atomic mass is 10.0. The predicted octanol–water partition coefficient (Wildman–Crippen LogP) is 2.95. The van der Waals surface area contributed by atoms with Crippen molar-refractivity contribution in [3.8, 4) is 0 Å². The average molecular weight is 290 g/mol. The van der Waals surface area contributed by atoms with Crippen LogP contribution in [0.25, 0.3) is 0 Å². The second kappa shape index (κ2) is 4.95. The highest BCUT2D eigenvalue weighted by molar-refractivity contribution is 9.10. The molecule has 1 aliphatic rings. The minimum Gasteiger partial charge on any atom is -0.374 e. The van der Waals surface area contributed by atoms with E-state index in [1.165, 1.54) is 9.35 Å². The quantitative estimate of drug-likeness (QED) is 0.929. The smallest absolute Gasteiger partial charge is 0.0734 e. The minimum absolute atomic E-state index is 0.130. The zero-order valence-electron chi connectivity index (χ0n) is 8.78. The molecule has 1 saturated heterocycles. The lowest BCUT2D eigenvalue weighted by Crippen LogP contribution is -2.36. The van der Waals surface area contributed by atoms with Gasteiger partial charge in [-0.3, -0.25) is 0 Å². The van der Waals surface area contributed by atoms with Crippen molar-refractivity contribution in [2.24, 2.45) is 5.73 Å². The van der Waals surface area contributed by atoms with Gasteiger partial charge in [0.15, 0.2) is 0 Å². The van der Waals surface area contributed by atoms with Crippen LogP contribution in [0.1, 0.15) is 24.6 Å². The molecule has 2 heterocycles. The van der Waals surface area contributed by atoms with Crippen LogP contribution in [0.15, 0.2) is 15.9 Å². The fourth-order valence-electron chi connectivity index (χ4n) is 1.96. The molecule has 0 spiro atoms. The van der Waals surface area contributed by atoms with Crippen molar-refractivity contribution in [1.82, 2.24) is 0 Å². The summed E-state index contributed by atoms with van der Waals surface area (Å²) in [5.41, 5.74) is 6.16. The first-order valence-electron chi connectivity index (χ1n) is 5.29. The van der Waals surface area contributed by atoms with E-state index in [9.17, 15) is 0 Å². The predicted molar refractivity (Wildman–Crippen MR) is 67.3 cm³/mol. The maximum absolute atomic E-state index is 6.16. The van der Waals surface area contributed by atoms with Gasteiger partial charge in [0.1, 0.15) is 0 Å². The molecular formula is C11H16BrNOS. The van der Waals surface area contributed by atoms with Crippen LogP contribution in [-0.2, 0) is 11.2 Å². The number of hydrogen-bond acceptors (Lipinski definition) is 3. The number of halogens is 1. The fraction of sp³-hybridized carbons (Fsp3) is 0.636. The molecule has 2 N–H and O–H groups in total. The monoisotopic (exact) mass is 289 g/mol. The molecule has 0 aromatic carbocycles. The van der Waals surface area contributed by atoms with Crippen LogP contribution in [0.4, 0.5) is 0 Å². The maximum atomic E-state index is 6.16. The molecule has 1 aromatic heterocycles. The molecule has 0 saturated carbocycles. The first kappa shape index (κ1) is 11.6. The van der Waals surface area contributed by atoms with E-state index in [2.05, 4.69) is 34.3 Å². The Hall–Kier alpha value is 0.1000. The molecule has 2 nitrogen and oxygen atoms in total. The molecule has 0 bridgehead atoms. The van der Waals surface area contributed by atoms with Gasteiger partial charge in [-0.15, -0.1) is 11.3 Å². The molecule has 1 fully saturated rings. The summed E-state index contributed by atoms with van der Waals surface area (Å²) in [4.78, 5) is 1.32. The van der Waals surface area contributed by atoms with Crippen LogP contribution < -0.4 is 5.73 Å². The van der Waals surface area contributed by atoms with Gasteiger partial charge in [-0.1, -0.05) is 0 Å². The van der Waals surface area contributed by atoms with Crippen molar-refractivity contribution in [2.75, 3.05) is 0 Å². The van der Waals surface area contributed by atoms with Gasteiger partial charge >= 0.3 is 0 Å². The van der Waals surface area contributed by atoms with E-state index in [0.29, 0.717) is 6.10 Å². The number of rotatable bonds is 3. The molecule has 3 atom stereocenters. The molecule has 1 aliphatic heterocycles. The second-order valence-corrected chi connectivity index (χ2v) is 5.98. The zero-order valence-corrected chi connectivity index (χ0v) is 11.2. The molecule has 4 heteroatoms. The number of nitrogens with two attached hydrogens (primary N) is 1. The highest BCUT2D eigenvalue weighted by atomic mass is 79.9. The summed E-state index contributed by atoms with van der Waals surface area (Å²) in [5, 5.41) is 2.09. The van der Waals surface area contributed by atoms with Crippen molar-refractivity contribution >= 4 is 27.3 Å². The summed E-state index contributed by atoms with van der Waals surface area (Å²) in [5.74, 6) is 0. The molecule has 1 aromatic rings.